The van der Waals surface area contributed by atoms with Crippen molar-refractivity contribution in [2.75, 3.05) is 6.26 Å². The van der Waals surface area contributed by atoms with Crippen LogP contribution in [-0.2, 0) is 22.0 Å². The average molecular weight is 368 g/mol. The lowest BCUT2D eigenvalue weighted by atomic mass is 9.98. The Balaban J connectivity index is 1.97. The first-order valence-electron chi connectivity index (χ1n) is 8.04. The second-order valence-electron chi connectivity index (χ2n) is 6.21. The number of halogens is 1. The van der Waals surface area contributed by atoms with Crippen LogP contribution in [0.25, 0.3) is 5.57 Å². The van der Waals surface area contributed by atoms with Crippen molar-refractivity contribution in [3.63, 3.8) is 0 Å². The van der Waals surface area contributed by atoms with Crippen molar-refractivity contribution in [1.82, 2.24) is 0 Å². The number of hydrogen-bond acceptors (Lipinski definition) is 2. The zero-order chi connectivity index (χ0) is 18.8. The minimum atomic E-state index is -1.04. The number of rotatable bonds is 3. The third kappa shape index (κ3) is 3.76. The van der Waals surface area contributed by atoms with Gasteiger partial charge in [-0.15, -0.1) is 0 Å². The average Bonchev–Trinajstić information content (AvgIpc) is 2.88. The van der Waals surface area contributed by atoms with Crippen LogP contribution in [0.2, 0.25) is 0 Å². The molecule has 26 heavy (non-hydrogen) atoms. The van der Waals surface area contributed by atoms with Gasteiger partial charge in [0.25, 0.3) is 0 Å². The lowest BCUT2D eigenvalue weighted by Gasteiger charge is -2.06. The molecule has 0 saturated carbocycles. The molecule has 0 heterocycles. The lowest BCUT2D eigenvalue weighted by Crippen LogP contribution is -1.98. The SMILES string of the molecule is CC1=C(CC(=O)O)c2cc(F)cc(C#Cc3ccc(S(C)=O)cc3)c2C1. The Labute approximate surface area is 154 Å². The van der Waals surface area contributed by atoms with Crippen LogP contribution in [0.5, 0.6) is 0 Å². The fraction of sp³-hybridized carbons (Fsp3) is 0.190. The summed E-state index contributed by atoms with van der Waals surface area (Å²) in [5.41, 5.74) is 4.44. The molecule has 0 bridgehead atoms. The maximum Gasteiger partial charge on any atom is 0.307 e. The molecular weight excluding hydrogens is 351 g/mol. The molecule has 1 atom stereocenters. The highest BCUT2D eigenvalue weighted by molar-refractivity contribution is 7.84. The third-order valence-electron chi connectivity index (χ3n) is 4.35. The van der Waals surface area contributed by atoms with E-state index in [9.17, 15) is 13.4 Å². The van der Waals surface area contributed by atoms with Crippen molar-refractivity contribution >= 4 is 22.3 Å². The Morgan fingerprint density at radius 3 is 2.54 bits per heavy atom. The van der Waals surface area contributed by atoms with E-state index in [-0.39, 0.29) is 6.42 Å². The molecule has 0 aromatic heterocycles. The van der Waals surface area contributed by atoms with Crippen molar-refractivity contribution in [1.29, 1.82) is 0 Å². The molecule has 132 valence electrons. The Kier molecular flexibility index (Phi) is 5.06. The predicted molar refractivity (Wildman–Crippen MR) is 99.7 cm³/mol. The molecule has 3 nitrogen and oxygen atoms in total. The maximum atomic E-state index is 14.1. The molecule has 0 fully saturated rings. The Morgan fingerprint density at radius 1 is 1.23 bits per heavy atom. The van der Waals surface area contributed by atoms with Gasteiger partial charge in [-0.25, -0.2) is 4.39 Å². The summed E-state index contributed by atoms with van der Waals surface area (Å²) in [4.78, 5) is 11.8. The zero-order valence-corrected chi connectivity index (χ0v) is 15.2. The van der Waals surface area contributed by atoms with Gasteiger partial charge < -0.3 is 5.11 Å². The van der Waals surface area contributed by atoms with E-state index in [1.807, 2.05) is 6.92 Å². The number of allylic oxidation sites excluding steroid dienone is 1. The molecule has 0 saturated heterocycles. The molecule has 0 spiro atoms. The smallest absolute Gasteiger partial charge is 0.307 e. The van der Waals surface area contributed by atoms with Crippen LogP contribution in [0.1, 0.15) is 35.6 Å². The van der Waals surface area contributed by atoms with E-state index >= 15 is 0 Å². The van der Waals surface area contributed by atoms with E-state index in [0.717, 1.165) is 21.6 Å². The van der Waals surface area contributed by atoms with Crippen LogP contribution in [0.3, 0.4) is 0 Å². The van der Waals surface area contributed by atoms with Crippen LogP contribution in [0.15, 0.2) is 46.9 Å². The number of carboxylic acid groups (broad SMARTS) is 1. The summed E-state index contributed by atoms with van der Waals surface area (Å²) < 4.78 is 25.5. The highest BCUT2D eigenvalue weighted by atomic mass is 32.2. The molecule has 2 aromatic rings. The first-order chi connectivity index (χ1) is 12.3. The highest BCUT2D eigenvalue weighted by Crippen LogP contribution is 2.37. The molecule has 1 unspecified atom stereocenters. The fourth-order valence-electron chi connectivity index (χ4n) is 3.08. The summed E-state index contributed by atoms with van der Waals surface area (Å²) in [6.45, 7) is 1.87. The molecule has 3 rings (SSSR count). The summed E-state index contributed by atoms with van der Waals surface area (Å²) in [5, 5.41) is 9.09. The molecule has 5 heteroatoms. The maximum absolute atomic E-state index is 14.1. The number of benzene rings is 2. The molecule has 2 aromatic carbocycles. The Hall–Kier alpha value is -2.71. The Bertz CT molecular complexity index is 1010. The minimum absolute atomic E-state index is 0.120. The topological polar surface area (TPSA) is 54.4 Å². The largest absolute Gasteiger partial charge is 0.481 e. The van der Waals surface area contributed by atoms with E-state index in [2.05, 4.69) is 11.8 Å². The van der Waals surface area contributed by atoms with Gasteiger partial charge in [0.2, 0.25) is 0 Å². The van der Waals surface area contributed by atoms with E-state index in [0.29, 0.717) is 23.1 Å². The van der Waals surface area contributed by atoms with Crippen molar-refractivity contribution in [3.05, 3.63) is 70.0 Å². The highest BCUT2D eigenvalue weighted by Gasteiger charge is 2.23. The van der Waals surface area contributed by atoms with E-state index in [1.54, 1.807) is 30.5 Å². The summed E-state index contributed by atoms with van der Waals surface area (Å²) >= 11 is 0. The minimum Gasteiger partial charge on any atom is -0.481 e. The summed E-state index contributed by atoms with van der Waals surface area (Å²) in [7, 11) is -1.04. The van der Waals surface area contributed by atoms with Gasteiger partial charge in [0.1, 0.15) is 5.82 Å². The Morgan fingerprint density at radius 2 is 1.92 bits per heavy atom. The van der Waals surface area contributed by atoms with Gasteiger partial charge in [0.05, 0.1) is 6.42 Å². The van der Waals surface area contributed by atoms with Crippen LogP contribution >= 0.6 is 0 Å². The quantitative estimate of drug-likeness (QED) is 0.839. The second-order valence-corrected chi connectivity index (χ2v) is 7.59. The zero-order valence-electron chi connectivity index (χ0n) is 14.4. The van der Waals surface area contributed by atoms with Crippen molar-refractivity contribution in [3.8, 4) is 11.8 Å². The number of aliphatic carboxylic acids is 1. The van der Waals surface area contributed by atoms with Gasteiger partial charge in [0, 0.05) is 33.1 Å². The monoisotopic (exact) mass is 368 g/mol. The van der Waals surface area contributed by atoms with E-state index in [1.165, 1.54) is 12.1 Å². The van der Waals surface area contributed by atoms with Gasteiger partial charge in [-0.1, -0.05) is 17.4 Å². The summed E-state index contributed by atoms with van der Waals surface area (Å²) in [6.07, 6.45) is 2.07. The third-order valence-corrected chi connectivity index (χ3v) is 5.29. The summed E-state index contributed by atoms with van der Waals surface area (Å²) in [5.74, 6) is 4.65. The standard InChI is InChI=1S/C21H17FO3S/c1-13-9-19-15(6-3-14-4-7-17(8-5-14)26(2)25)10-16(22)11-20(19)18(13)12-21(23)24/h4-5,7-8,10-11H,9,12H2,1-2H3,(H,23,24). The second kappa shape index (κ2) is 7.27. The molecule has 0 aliphatic heterocycles. The first-order valence-corrected chi connectivity index (χ1v) is 9.59. The van der Waals surface area contributed by atoms with E-state index in [4.69, 9.17) is 5.11 Å². The first kappa shape index (κ1) is 18.1. The molecule has 1 N–H and O–H groups in total. The summed E-state index contributed by atoms with van der Waals surface area (Å²) in [6, 6.07) is 9.85. The van der Waals surface area contributed by atoms with Crippen LogP contribution in [0.4, 0.5) is 4.39 Å². The van der Waals surface area contributed by atoms with E-state index < -0.39 is 22.6 Å². The molecule has 1 aliphatic carbocycles. The molecule has 1 aliphatic rings. The van der Waals surface area contributed by atoms with Gasteiger partial charge in [-0.05, 0) is 66.4 Å². The van der Waals surface area contributed by atoms with Gasteiger partial charge in [0.15, 0.2) is 0 Å². The van der Waals surface area contributed by atoms with Crippen LogP contribution < -0.4 is 0 Å². The van der Waals surface area contributed by atoms with Gasteiger partial charge in [-0.3, -0.25) is 9.00 Å². The van der Waals surface area contributed by atoms with Gasteiger partial charge >= 0.3 is 5.97 Å². The number of hydrogen-bond donors (Lipinski definition) is 1. The van der Waals surface area contributed by atoms with Crippen LogP contribution in [-0.4, -0.2) is 21.5 Å². The number of carboxylic acids is 1. The molecule has 0 radical (unpaired) electrons. The van der Waals surface area contributed by atoms with Crippen molar-refractivity contribution in [2.45, 2.75) is 24.7 Å². The molecule has 0 amide bonds. The number of fused-ring (bicyclic) bond motifs is 1. The van der Waals surface area contributed by atoms with Crippen molar-refractivity contribution in [2.24, 2.45) is 0 Å². The lowest BCUT2D eigenvalue weighted by molar-refractivity contribution is -0.135. The van der Waals surface area contributed by atoms with Crippen molar-refractivity contribution < 1.29 is 18.5 Å². The normalized spacial score (nSPS) is 13.8. The molecular formula is C21H17FO3S. The van der Waals surface area contributed by atoms with Crippen LogP contribution in [0, 0.1) is 17.7 Å². The predicted octanol–water partition coefficient (Wildman–Crippen LogP) is 3.77. The number of carbonyl (C=O) groups is 1. The van der Waals surface area contributed by atoms with Gasteiger partial charge in [-0.2, -0.15) is 0 Å². The fourth-order valence-corrected chi connectivity index (χ4v) is 3.60.